The van der Waals surface area contributed by atoms with E-state index in [0.29, 0.717) is 10.6 Å². The number of anilines is 1. The van der Waals surface area contributed by atoms with Gasteiger partial charge in [-0.2, -0.15) is 15.0 Å². The molecule has 0 bridgehead atoms. The fraction of sp³-hybridized carbons (Fsp3) is 0. The van der Waals surface area contributed by atoms with Crippen molar-refractivity contribution >= 4 is 16.8 Å². The molecular weight excluding hydrogens is 190 g/mol. The van der Waals surface area contributed by atoms with Crippen molar-refractivity contribution in [2.45, 2.75) is 4.90 Å². The third-order valence-corrected chi connectivity index (χ3v) is 2.13. The van der Waals surface area contributed by atoms with Gasteiger partial charge in [0.05, 0.1) is 4.90 Å². The monoisotopic (exact) mass is 197 g/mol. The molecule has 0 aromatic heterocycles. The van der Waals surface area contributed by atoms with Gasteiger partial charge in [0.1, 0.15) is 0 Å². The predicted molar refractivity (Wildman–Crippen MR) is 47.1 cm³/mol. The summed E-state index contributed by atoms with van der Waals surface area (Å²) in [5.74, 6) is 0. The maximum Gasteiger partial charge on any atom is 0.212 e. The van der Waals surface area contributed by atoms with E-state index in [1.165, 1.54) is 6.19 Å². The highest BCUT2D eigenvalue weighted by Gasteiger charge is 2.02. The Morgan fingerprint density at radius 2 is 2.08 bits per heavy atom. The van der Waals surface area contributed by atoms with Gasteiger partial charge >= 0.3 is 0 Å². The van der Waals surface area contributed by atoms with Crippen molar-refractivity contribution in [1.82, 2.24) is 5.48 Å². The SMILES string of the molecule is N#CNOS(=O)c1ccc(N)cc1. The van der Waals surface area contributed by atoms with Gasteiger partial charge in [0, 0.05) is 5.69 Å². The summed E-state index contributed by atoms with van der Waals surface area (Å²) in [6.07, 6.45) is 1.49. The fourth-order valence-electron chi connectivity index (χ4n) is 0.684. The van der Waals surface area contributed by atoms with Crippen LogP contribution in [0.1, 0.15) is 0 Å². The summed E-state index contributed by atoms with van der Waals surface area (Å²) in [5, 5.41) is 8.07. The largest absolute Gasteiger partial charge is 0.399 e. The first-order chi connectivity index (χ1) is 6.24. The molecule has 0 saturated carbocycles. The zero-order valence-electron chi connectivity index (χ0n) is 6.56. The van der Waals surface area contributed by atoms with Crippen molar-refractivity contribution in [3.63, 3.8) is 0 Å². The first-order valence-electron chi connectivity index (χ1n) is 3.33. The Hall–Kier alpha value is -1.58. The lowest BCUT2D eigenvalue weighted by atomic mass is 10.3. The van der Waals surface area contributed by atoms with Crippen LogP contribution in [0.3, 0.4) is 0 Å². The van der Waals surface area contributed by atoms with Crippen LogP contribution in [0.5, 0.6) is 0 Å². The third-order valence-electron chi connectivity index (χ3n) is 1.24. The second kappa shape index (κ2) is 4.45. The Balaban J connectivity index is 2.68. The third kappa shape index (κ3) is 2.74. The van der Waals surface area contributed by atoms with E-state index in [9.17, 15) is 4.21 Å². The molecule has 0 aliphatic carbocycles. The van der Waals surface area contributed by atoms with Gasteiger partial charge in [0.2, 0.25) is 17.3 Å². The number of hydroxylamine groups is 1. The van der Waals surface area contributed by atoms with E-state index >= 15 is 0 Å². The molecule has 1 atom stereocenters. The van der Waals surface area contributed by atoms with Gasteiger partial charge < -0.3 is 5.73 Å². The summed E-state index contributed by atoms with van der Waals surface area (Å²) in [4.78, 5) is 0.442. The van der Waals surface area contributed by atoms with Crippen molar-refractivity contribution in [2.24, 2.45) is 0 Å². The summed E-state index contributed by atoms with van der Waals surface area (Å²) in [6, 6.07) is 6.32. The van der Waals surface area contributed by atoms with E-state index < -0.39 is 11.1 Å². The van der Waals surface area contributed by atoms with Crippen molar-refractivity contribution in [2.75, 3.05) is 5.73 Å². The Bertz CT molecular complexity index is 344. The van der Waals surface area contributed by atoms with Crippen LogP contribution < -0.4 is 11.2 Å². The standard InChI is InChI=1S/C7H7N3O2S/c8-5-10-12-13(11)7-3-1-6(9)2-4-7/h1-4,10H,9H2. The lowest BCUT2D eigenvalue weighted by molar-refractivity contribution is 0.280. The second-order valence-electron chi connectivity index (χ2n) is 2.10. The van der Waals surface area contributed by atoms with Crippen LogP contribution in [0.15, 0.2) is 29.2 Å². The quantitative estimate of drug-likeness (QED) is 0.315. The molecule has 0 saturated heterocycles. The summed E-state index contributed by atoms with van der Waals surface area (Å²) >= 11 is -1.68. The number of nitrogens with one attached hydrogen (secondary N) is 1. The zero-order chi connectivity index (χ0) is 9.68. The van der Waals surface area contributed by atoms with E-state index in [4.69, 9.17) is 11.0 Å². The number of rotatable bonds is 3. The molecule has 1 unspecified atom stereocenters. The van der Waals surface area contributed by atoms with Crippen LogP contribution >= 0.6 is 0 Å². The maximum absolute atomic E-state index is 11.1. The molecule has 0 heterocycles. The molecule has 1 aromatic rings. The van der Waals surface area contributed by atoms with Crippen LogP contribution in [0.25, 0.3) is 0 Å². The molecule has 0 aliphatic rings. The topological polar surface area (TPSA) is 88.1 Å². The van der Waals surface area contributed by atoms with E-state index in [0.717, 1.165) is 0 Å². The summed E-state index contributed by atoms with van der Waals surface area (Å²) in [7, 11) is 0. The molecule has 0 aliphatic heterocycles. The van der Waals surface area contributed by atoms with Gasteiger partial charge in [0.25, 0.3) is 0 Å². The van der Waals surface area contributed by atoms with Gasteiger partial charge in [0.15, 0.2) is 0 Å². The molecule has 68 valence electrons. The minimum atomic E-state index is -1.68. The first kappa shape index (κ1) is 9.51. The minimum Gasteiger partial charge on any atom is -0.399 e. The van der Waals surface area contributed by atoms with Gasteiger partial charge in [-0.05, 0) is 24.3 Å². The van der Waals surface area contributed by atoms with E-state index in [2.05, 4.69) is 4.28 Å². The molecule has 0 fully saturated rings. The molecule has 1 rings (SSSR count). The molecule has 13 heavy (non-hydrogen) atoms. The first-order valence-corrected chi connectivity index (χ1v) is 4.40. The molecule has 0 amide bonds. The molecule has 5 nitrogen and oxygen atoms in total. The second-order valence-corrected chi connectivity index (χ2v) is 3.21. The Kier molecular flexibility index (Phi) is 3.25. The number of hydrogen-bond donors (Lipinski definition) is 2. The lowest BCUT2D eigenvalue weighted by Gasteiger charge is -1.99. The Morgan fingerprint density at radius 3 is 2.62 bits per heavy atom. The number of nitriles is 1. The number of nitrogens with zero attached hydrogens (tertiary/aromatic N) is 1. The summed E-state index contributed by atoms with van der Waals surface area (Å²) in [5.41, 5.74) is 7.83. The van der Waals surface area contributed by atoms with Crippen LogP contribution in [-0.4, -0.2) is 4.21 Å². The van der Waals surface area contributed by atoms with Crippen molar-refractivity contribution < 1.29 is 8.49 Å². The van der Waals surface area contributed by atoms with Crippen LogP contribution in [0.2, 0.25) is 0 Å². The van der Waals surface area contributed by atoms with E-state index in [1.807, 2.05) is 5.48 Å². The normalized spacial score (nSPS) is 11.6. The lowest BCUT2D eigenvalue weighted by Crippen LogP contribution is -2.09. The van der Waals surface area contributed by atoms with Crippen LogP contribution in [0, 0.1) is 11.5 Å². The number of hydrogen-bond acceptors (Lipinski definition) is 5. The average Bonchev–Trinajstić information content (AvgIpc) is 2.15. The van der Waals surface area contributed by atoms with Gasteiger partial charge in [-0.1, -0.05) is 0 Å². The van der Waals surface area contributed by atoms with Gasteiger partial charge in [-0.3, -0.25) is 0 Å². The number of nitrogens with two attached hydrogens (primary N) is 1. The van der Waals surface area contributed by atoms with Crippen molar-refractivity contribution in [1.29, 1.82) is 5.26 Å². The fourth-order valence-corrected chi connectivity index (χ4v) is 1.25. The molecule has 3 N–H and O–H groups in total. The van der Waals surface area contributed by atoms with Crippen LogP contribution in [0.4, 0.5) is 5.69 Å². The molecule has 6 heteroatoms. The number of nitrogen functional groups attached to an aromatic ring is 1. The highest BCUT2D eigenvalue weighted by Crippen LogP contribution is 2.09. The molecule has 1 aromatic carbocycles. The smallest absolute Gasteiger partial charge is 0.212 e. The molecule has 0 radical (unpaired) electrons. The van der Waals surface area contributed by atoms with E-state index in [1.54, 1.807) is 24.3 Å². The maximum atomic E-state index is 11.1. The zero-order valence-corrected chi connectivity index (χ0v) is 7.38. The van der Waals surface area contributed by atoms with Gasteiger partial charge in [-0.25, -0.2) is 4.21 Å². The van der Waals surface area contributed by atoms with Crippen molar-refractivity contribution in [3.8, 4) is 6.19 Å². The molecule has 0 spiro atoms. The van der Waals surface area contributed by atoms with E-state index in [-0.39, 0.29) is 0 Å². The summed E-state index contributed by atoms with van der Waals surface area (Å²) in [6.45, 7) is 0. The highest BCUT2D eigenvalue weighted by atomic mass is 32.2. The molecular formula is C7H7N3O2S. The van der Waals surface area contributed by atoms with Crippen LogP contribution in [-0.2, 0) is 15.4 Å². The summed E-state index contributed by atoms with van der Waals surface area (Å²) < 4.78 is 15.6. The number of benzene rings is 1. The minimum absolute atomic E-state index is 0.442. The Morgan fingerprint density at radius 1 is 1.46 bits per heavy atom. The predicted octanol–water partition coefficient (Wildman–Crippen LogP) is 0.294. The van der Waals surface area contributed by atoms with Gasteiger partial charge in [-0.15, -0.1) is 0 Å². The average molecular weight is 197 g/mol. The Labute approximate surface area is 77.7 Å². The highest BCUT2D eigenvalue weighted by molar-refractivity contribution is 7.80. The van der Waals surface area contributed by atoms with Crippen molar-refractivity contribution in [3.05, 3.63) is 24.3 Å².